The van der Waals surface area contributed by atoms with Crippen molar-refractivity contribution in [3.05, 3.63) is 0 Å². The molecule has 0 aliphatic rings. The van der Waals surface area contributed by atoms with E-state index < -0.39 is 0 Å². The Morgan fingerprint density at radius 2 is 2.09 bits per heavy atom. The normalized spacial score (nSPS) is 15.6. The molecule has 0 aliphatic carbocycles. The third-order valence-electron chi connectivity index (χ3n) is 1.68. The van der Waals surface area contributed by atoms with E-state index in [4.69, 9.17) is 4.74 Å². The molecule has 0 fully saturated rings. The van der Waals surface area contributed by atoms with E-state index in [0.29, 0.717) is 0 Å². The van der Waals surface area contributed by atoms with Gasteiger partial charge >= 0.3 is 5.97 Å². The van der Waals surface area contributed by atoms with Crippen molar-refractivity contribution in [2.75, 3.05) is 7.05 Å². The van der Waals surface area contributed by atoms with Gasteiger partial charge in [0.2, 0.25) is 0 Å². The van der Waals surface area contributed by atoms with Crippen LogP contribution >= 0.6 is 0 Å². The van der Waals surface area contributed by atoms with Crippen LogP contribution in [0.5, 0.6) is 0 Å². The number of hydrogen-bond acceptors (Lipinski definition) is 3. The first-order valence-corrected chi connectivity index (χ1v) is 3.99. The number of carbonyl (C=O) groups is 1. The van der Waals surface area contributed by atoms with Crippen LogP contribution in [0.15, 0.2) is 0 Å². The third kappa shape index (κ3) is 3.98. The number of likely N-dealkylation sites (N-methyl/N-ethyl adjacent to an activating group) is 1. The monoisotopic (exact) mass is 159 g/mol. The molecule has 0 rings (SSSR count). The first-order chi connectivity index (χ1) is 5.11. The summed E-state index contributed by atoms with van der Waals surface area (Å²) in [5, 5.41) is 2.82. The highest BCUT2D eigenvalue weighted by atomic mass is 16.5. The van der Waals surface area contributed by atoms with Gasteiger partial charge in [0.25, 0.3) is 0 Å². The molecule has 0 spiro atoms. The smallest absolute Gasteiger partial charge is 0.323 e. The number of rotatable bonds is 4. The summed E-state index contributed by atoms with van der Waals surface area (Å²) in [6.45, 7) is 5.66. The average molecular weight is 159 g/mol. The lowest BCUT2D eigenvalue weighted by atomic mass is 10.3. The minimum Gasteiger partial charge on any atom is -0.462 e. The Balaban J connectivity index is 3.68. The Bertz CT molecular complexity index is 125. The molecule has 2 unspecified atom stereocenters. The zero-order valence-corrected chi connectivity index (χ0v) is 7.68. The van der Waals surface area contributed by atoms with Crippen molar-refractivity contribution in [1.29, 1.82) is 0 Å². The van der Waals surface area contributed by atoms with E-state index in [2.05, 4.69) is 5.32 Å². The van der Waals surface area contributed by atoms with Crippen molar-refractivity contribution >= 4 is 5.97 Å². The lowest BCUT2D eigenvalue weighted by Crippen LogP contribution is -2.34. The number of ether oxygens (including phenoxy) is 1. The molecule has 0 radical (unpaired) electrons. The van der Waals surface area contributed by atoms with Crippen LogP contribution in [-0.4, -0.2) is 25.2 Å². The maximum Gasteiger partial charge on any atom is 0.323 e. The fourth-order valence-corrected chi connectivity index (χ4v) is 0.502. The molecular formula is C8H17NO2. The van der Waals surface area contributed by atoms with Crippen LogP contribution in [0.2, 0.25) is 0 Å². The molecule has 0 heterocycles. The van der Waals surface area contributed by atoms with Gasteiger partial charge in [0.05, 0.1) is 6.10 Å². The summed E-state index contributed by atoms with van der Waals surface area (Å²) in [6.07, 6.45) is 0.889. The summed E-state index contributed by atoms with van der Waals surface area (Å²) in [5.74, 6) is -0.179. The van der Waals surface area contributed by atoms with Crippen LogP contribution in [0.3, 0.4) is 0 Å². The lowest BCUT2D eigenvalue weighted by Gasteiger charge is -2.14. The molecular weight excluding hydrogens is 142 g/mol. The molecule has 0 saturated heterocycles. The minimum absolute atomic E-state index is 0.0262. The molecule has 3 nitrogen and oxygen atoms in total. The average Bonchev–Trinajstić information content (AvgIpc) is 2.02. The summed E-state index contributed by atoms with van der Waals surface area (Å²) in [5.41, 5.74) is 0. The molecule has 0 amide bonds. The SMILES string of the molecule is CCC(C)OC(=O)C(C)NC. The Kier molecular flexibility index (Phi) is 4.86. The molecule has 0 aromatic carbocycles. The van der Waals surface area contributed by atoms with Gasteiger partial charge in [-0.2, -0.15) is 0 Å². The first kappa shape index (κ1) is 10.4. The van der Waals surface area contributed by atoms with Gasteiger partial charge in [-0.25, -0.2) is 0 Å². The summed E-state index contributed by atoms with van der Waals surface area (Å²) < 4.78 is 5.05. The zero-order chi connectivity index (χ0) is 8.85. The maximum atomic E-state index is 11.1. The summed E-state index contributed by atoms with van der Waals surface area (Å²) in [6, 6.07) is -0.205. The Morgan fingerprint density at radius 1 is 1.55 bits per heavy atom. The quantitative estimate of drug-likeness (QED) is 0.620. The van der Waals surface area contributed by atoms with Crippen molar-refractivity contribution < 1.29 is 9.53 Å². The van der Waals surface area contributed by atoms with E-state index in [1.165, 1.54) is 0 Å². The van der Waals surface area contributed by atoms with Crippen molar-refractivity contribution in [3.63, 3.8) is 0 Å². The molecule has 1 N–H and O–H groups in total. The highest BCUT2D eigenvalue weighted by Gasteiger charge is 2.13. The predicted molar refractivity (Wildman–Crippen MR) is 44.4 cm³/mol. The predicted octanol–water partition coefficient (Wildman–Crippen LogP) is 0.936. The fraction of sp³-hybridized carbons (Fsp3) is 0.875. The van der Waals surface area contributed by atoms with E-state index in [1.807, 2.05) is 13.8 Å². The first-order valence-electron chi connectivity index (χ1n) is 3.99. The van der Waals surface area contributed by atoms with Gasteiger partial charge in [0.1, 0.15) is 6.04 Å². The zero-order valence-electron chi connectivity index (χ0n) is 7.68. The van der Waals surface area contributed by atoms with E-state index >= 15 is 0 Å². The highest BCUT2D eigenvalue weighted by molar-refractivity contribution is 5.75. The number of carbonyl (C=O) groups excluding carboxylic acids is 1. The summed E-state index contributed by atoms with van der Waals surface area (Å²) >= 11 is 0. The van der Waals surface area contributed by atoms with Crippen LogP contribution in [0.4, 0.5) is 0 Å². The van der Waals surface area contributed by atoms with Gasteiger partial charge < -0.3 is 10.1 Å². The van der Waals surface area contributed by atoms with Crippen LogP contribution < -0.4 is 5.32 Å². The fourth-order valence-electron chi connectivity index (χ4n) is 0.502. The maximum absolute atomic E-state index is 11.1. The van der Waals surface area contributed by atoms with Crippen LogP contribution in [0.1, 0.15) is 27.2 Å². The van der Waals surface area contributed by atoms with Crippen molar-refractivity contribution in [3.8, 4) is 0 Å². The molecule has 11 heavy (non-hydrogen) atoms. The van der Waals surface area contributed by atoms with Gasteiger partial charge in [-0.3, -0.25) is 4.79 Å². The third-order valence-corrected chi connectivity index (χ3v) is 1.68. The lowest BCUT2D eigenvalue weighted by molar-refractivity contribution is -0.150. The largest absolute Gasteiger partial charge is 0.462 e. The Hall–Kier alpha value is -0.570. The van der Waals surface area contributed by atoms with Gasteiger partial charge in [-0.15, -0.1) is 0 Å². The van der Waals surface area contributed by atoms with E-state index in [0.717, 1.165) is 6.42 Å². The molecule has 0 aliphatic heterocycles. The van der Waals surface area contributed by atoms with Gasteiger partial charge in [-0.1, -0.05) is 6.92 Å². The number of hydrogen-bond donors (Lipinski definition) is 1. The van der Waals surface area contributed by atoms with Gasteiger partial charge in [0, 0.05) is 0 Å². The van der Waals surface area contributed by atoms with E-state index in [1.54, 1.807) is 14.0 Å². The van der Waals surface area contributed by atoms with Crippen molar-refractivity contribution in [2.45, 2.75) is 39.3 Å². The summed E-state index contributed by atoms with van der Waals surface area (Å²) in [7, 11) is 1.74. The second kappa shape index (κ2) is 5.13. The standard InChI is InChI=1S/C8H17NO2/c1-5-6(2)11-8(10)7(3)9-4/h6-7,9H,5H2,1-4H3. The Labute approximate surface area is 68.1 Å². The van der Waals surface area contributed by atoms with Gasteiger partial charge in [0.15, 0.2) is 0 Å². The number of esters is 1. The number of nitrogens with one attached hydrogen (secondary N) is 1. The topological polar surface area (TPSA) is 38.3 Å². The van der Waals surface area contributed by atoms with Crippen LogP contribution in [-0.2, 0) is 9.53 Å². The minimum atomic E-state index is -0.205. The highest BCUT2D eigenvalue weighted by Crippen LogP contribution is 1.98. The van der Waals surface area contributed by atoms with Crippen LogP contribution in [0, 0.1) is 0 Å². The molecule has 2 atom stereocenters. The van der Waals surface area contributed by atoms with E-state index in [-0.39, 0.29) is 18.1 Å². The van der Waals surface area contributed by atoms with Gasteiger partial charge in [-0.05, 0) is 27.3 Å². The molecule has 0 bridgehead atoms. The molecule has 0 saturated carbocycles. The van der Waals surface area contributed by atoms with Crippen molar-refractivity contribution in [1.82, 2.24) is 5.32 Å². The van der Waals surface area contributed by atoms with Crippen molar-refractivity contribution in [2.24, 2.45) is 0 Å². The van der Waals surface area contributed by atoms with E-state index in [9.17, 15) is 4.79 Å². The Morgan fingerprint density at radius 3 is 2.45 bits per heavy atom. The molecule has 0 aromatic rings. The summed E-state index contributed by atoms with van der Waals surface area (Å²) in [4.78, 5) is 11.1. The molecule has 3 heteroatoms. The second-order valence-electron chi connectivity index (χ2n) is 2.67. The van der Waals surface area contributed by atoms with Crippen LogP contribution in [0.25, 0.3) is 0 Å². The molecule has 66 valence electrons. The molecule has 0 aromatic heterocycles. The second-order valence-corrected chi connectivity index (χ2v) is 2.67.